The molecule has 2 aromatic rings. The molecule has 1 aliphatic rings. The molecule has 1 aromatic carbocycles. The summed E-state index contributed by atoms with van der Waals surface area (Å²) in [6.07, 6.45) is 7.27. The van der Waals surface area contributed by atoms with Crippen LogP contribution in [0.25, 0.3) is 5.57 Å². The number of allylic oxidation sites excluding steroid dienone is 1. The van der Waals surface area contributed by atoms with Crippen LogP contribution in [-0.2, 0) is 6.54 Å². The first-order valence-corrected chi connectivity index (χ1v) is 7.81. The normalized spacial score (nSPS) is 18.1. The summed E-state index contributed by atoms with van der Waals surface area (Å²) in [5, 5.41) is 3.59. The summed E-state index contributed by atoms with van der Waals surface area (Å²) >= 11 is 0. The molecule has 114 valence electrons. The molecule has 0 fully saturated rings. The number of hydrogen-bond acceptors (Lipinski definition) is 2. The molecule has 0 saturated heterocycles. The van der Waals surface area contributed by atoms with Crippen molar-refractivity contribution < 1.29 is 4.39 Å². The Bertz CT molecular complexity index is 661. The van der Waals surface area contributed by atoms with Crippen molar-refractivity contribution in [2.45, 2.75) is 38.8 Å². The van der Waals surface area contributed by atoms with Gasteiger partial charge in [-0.05, 0) is 61.1 Å². The summed E-state index contributed by atoms with van der Waals surface area (Å²) in [6, 6.07) is 11.4. The quantitative estimate of drug-likeness (QED) is 0.912. The third-order valence-corrected chi connectivity index (χ3v) is 4.30. The zero-order valence-corrected chi connectivity index (χ0v) is 12.8. The summed E-state index contributed by atoms with van der Waals surface area (Å²) in [7, 11) is 0. The minimum atomic E-state index is -0.176. The SMILES string of the molecule is Cc1cccnc1CN[C@@H]1CC=C(c2ccc(F)cc2)CC1. The fourth-order valence-corrected chi connectivity index (χ4v) is 2.89. The molecule has 1 heterocycles. The van der Waals surface area contributed by atoms with E-state index in [4.69, 9.17) is 0 Å². The van der Waals surface area contributed by atoms with E-state index in [1.807, 2.05) is 24.4 Å². The topological polar surface area (TPSA) is 24.9 Å². The Balaban J connectivity index is 1.57. The van der Waals surface area contributed by atoms with Gasteiger partial charge in [0.25, 0.3) is 0 Å². The van der Waals surface area contributed by atoms with Crippen molar-refractivity contribution in [2.75, 3.05) is 0 Å². The molecule has 0 aliphatic heterocycles. The van der Waals surface area contributed by atoms with Crippen molar-refractivity contribution in [3.63, 3.8) is 0 Å². The Labute approximate surface area is 131 Å². The molecule has 1 atom stereocenters. The maximum absolute atomic E-state index is 13.0. The van der Waals surface area contributed by atoms with E-state index in [1.165, 1.54) is 23.3 Å². The number of pyridine rings is 1. The van der Waals surface area contributed by atoms with Gasteiger partial charge in [-0.1, -0.05) is 24.3 Å². The van der Waals surface area contributed by atoms with Gasteiger partial charge in [-0.2, -0.15) is 0 Å². The lowest BCUT2D eigenvalue weighted by atomic mass is 9.90. The number of halogens is 1. The Morgan fingerprint density at radius 2 is 2.05 bits per heavy atom. The number of benzene rings is 1. The highest BCUT2D eigenvalue weighted by Crippen LogP contribution is 2.27. The average molecular weight is 296 g/mol. The molecule has 1 aliphatic carbocycles. The smallest absolute Gasteiger partial charge is 0.123 e. The number of nitrogens with zero attached hydrogens (tertiary/aromatic N) is 1. The van der Waals surface area contributed by atoms with Gasteiger partial charge in [-0.25, -0.2) is 4.39 Å². The van der Waals surface area contributed by atoms with Crippen LogP contribution in [0.5, 0.6) is 0 Å². The van der Waals surface area contributed by atoms with Crippen LogP contribution in [0.4, 0.5) is 4.39 Å². The molecule has 0 spiro atoms. The van der Waals surface area contributed by atoms with Gasteiger partial charge in [-0.3, -0.25) is 4.98 Å². The van der Waals surface area contributed by atoms with E-state index in [0.717, 1.165) is 37.1 Å². The van der Waals surface area contributed by atoms with Crippen LogP contribution in [0.3, 0.4) is 0 Å². The van der Waals surface area contributed by atoms with Crippen molar-refractivity contribution in [1.29, 1.82) is 0 Å². The van der Waals surface area contributed by atoms with Gasteiger partial charge in [-0.15, -0.1) is 0 Å². The highest BCUT2D eigenvalue weighted by atomic mass is 19.1. The van der Waals surface area contributed by atoms with Gasteiger partial charge < -0.3 is 5.32 Å². The standard InChI is InChI=1S/C19H21FN2/c1-14-3-2-12-21-19(14)13-22-18-10-6-16(7-11-18)15-4-8-17(20)9-5-15/h2-6,8-9,12,18,22H,7,10-11,13H2,1H3/t18-/m1/s1. The molecule has 0 radical (unpaired) electrons. The van der Waals surface area contributed by atoms with Crippen molar-refractivity contribution in [2.24, 2.45) is 0 Å². The predicted octanol–water partition coefficient (Wildman–Crippen LogP) is 4.25. The van der Waals surface area contributed by atoms with Crippen LogP contribution in [0, 0.1) is 12.7 Å². The highest BCUT2D eigenvalue weighted by Gasteiger charge is 2.15. The molecule has 3 rings (SSSR count). The third-order valence-electron chi connectivity index (χ3n) is 4.30. The average Bonchev–Trinajstić information content (AvgIpc) is 2.55. The summed E-state index contributed by atoms with van der Waals surface area (Å²) in [5.74, 6) is -0.176. The number of hydrogen-bond donors (Lipinski definition) is 1. The van der Waals surface area contributed by atoms with Crippen molar-refractivity contribution in [3.05, 3.63) is 71.3 Å². The second kappa shape index (κ2) is 6.84. The van der Waals surface area contributed by atoms with Crippen LogP contribution >= 0.6 is 0 Å². The zero-order valence-electron chi connectivity index (χ0n) is 12.8. The lowest BCUT2D eigenvalue weighted by Crippen LogP contribution is -2.30. The van der Waals surface area contributed by atoms with Gasteiger partial charge in [0.2, 0.25) is 0 Å². The maximum Gasteiger partial charge on any atom is 0.123 e. The first kappa shape index (κ1) is 14.9. The van der Waals surface area contributed by atoms with Gasteiger partial charge in [0.05, 0.1) is 5.69 Å². The number of aryl methyl sites for hydroxylation is 1. The van der Waals surface area contributed by atoms with E-state index < -0.39 is 0 Å². The Morgan fingerprint density at radius 1 is 1.23 bits per heavy atom. The van der Waals surface area contributed by atoms with Gasteiger partial charge in [0.1, 0.15) is 5.82 Å². The lowest BCUT2D eigenvalue weighted by Gasteiger charge is -2.23. The van der Waals surface area contributed by atoms with Crippen LogP contribution in [0.1, 0.15) is 36.1 Å². The Kier molecular flexibility index (Phi) is 4.64. The summed E-state index contributed by atoms with van der Waals surface area (Å²) in [4.78, 5) is 4.42. The minimum Gasteiger partial charge on any atom is -0.308 e. The number of nitrogens with one attached hydrogen (secondary N) is 1. The number of rotatable bonds is 4. The van der Waals surface area contributed by atoms with Crippen molar-refractivity contribution >= 4 is 5.57 Å². The minimum absolute atomic E-state index is 0.176. The fourth-order valence-electron chi connectivity index (χ4n) is 2.89. The second-order valence-electron chi connectivity index (χ2n) is 5.86. The van der Waals surface area contributed by atoms with E-state index in [9.17, 15) is 4.39 Å². The summed E-state index contributed by atoms with van der Waals surface area (Å²) in [6.45, 7) is 2.91. The fraction of sp³-hybridized carbons (Fsp3) is 0.316. The highest BCUT2D eigenvalue weighted by molar-refractivity contribution is 5.66. The molecular formula is C19H21FN2. The molecule has 3 heteroatoms. The number of aromatic nitrogens is 1. The lowest BCUT2D eigenvalue weighted by molar-refractivity contribution is 0.474. The zero-order chi connectivity index (χ0) is 15.4. The molecule has 2 nitrogen and oxygen atoms in total. The van der Waals surface area contributed by atoms with Gasteiger partial charge in [0, 0.05) is 18.8 Å². The Hall–Kier alpha value is -2.00. The molecule has 22 heavy (non-hydrogen) atoms. The predicted molar refractivity (Wildman–Crippen MR) is 87.8 cm³/mol. The molecule has 1 aromatic heterocycles. The molecule has 0 bridgehead atoms. The first-order valence-electron chi connectivity index (χ1n) is 7.81. The van der Waals surface area contributed by atoms with Crippen LogP contribution in [0.15, 0.2) is 48.7 Å². The van der Waals surface area contributed by atoms with Crippen molar-refractivity contribution in [3.8, 4) is 0 Å². The maximum atomic E-state index is 13.0. The summed E-state index contributed by atoms with van der Waals surface area (Å²) in [5.41, 5.74) is 4.82. The molecule has 1 N–H and O–H groups in total. The van der Waals surface area contributed by atoms with Gasteiger partial charge in [0.15, 0.2) is 0 Å². The van der Waals surface area contributed by atoms with Crippen LogP contribution < -0.4 is 5.32 Å². The van der Waals surface area contributed by atoms with E-state index in [1.54, 1.807) is 0 Å². The molecule has 0 amide bonds. The van der Waals surface area contributed by atoms with Crippen LogP contribution in [0.2, 0.25) is 0 Å². The van der Waals surface area contributed by atoms with E-state index in [-0.39, 0.29) is 5.82 Å². The molecular weight excluding hydrogens is 275 g/mol. The van der Waals surface area contributed by atoms with E-state index >= 15 is 0 Å². The van der Waals surface area contributed by atoms with Crippen molar-refractivity contribution in [1.82, 2.24) is 10.3 Å². The summed E-state index contributed by atoms with van der Waals surface area (Å²) < 4.78 is 13.0. The Morgan fingerprint density at radius 3 is 2.73 bits per heavy atom. The third kappa shape index (κ3) is 3.60. The first-order chi connectivity index (χ1) is 10.7. The molecule has 0 unspecified atom stereocenters. The molecule has 0 saturated carbocycles. The van der Waals surface area contributed by atoms with Crippen LogP contribution in [-0.4, -0.2) is 11.0 Å². The van der Waals surface area contributed by atoms with Gasteiger partial charge >= 0.3 is 0 Å². The van der Waals surface area contributed by atoms with E-state index in [0.29, 0.717) is 6.04 Å². The largest absolute Gasteiger partial charge is 0.308 e. The second-order valence-corrected chi connectivity index (χ2v) is 5.86. The van der Waals surface area contributed by atoms with E-state index in [2.05, 4.69) is 29.4 Å². The monoisotopic (exact) mass is 296 g/mol.